The van der Waals surface area contributed by atoms with Crippen LogP contribution < -0.4 is 10.0 Å². The van der Waals surface area contributed by atoms with Gasteiger partial charge in [-0.15, -0.1) is 0 Å². The Hall–Kier alpha value is -1.45. The van der Waals surface area contributed by atoms with Crippen LogP contribution in [0.4, 0.5) is 0 Å². The van der Waals surface area contributed by atoms with Gasteiger partial charge in [0.05, 0.1) is 5.75 Å². The third kappa shape index (κ3) is 6.98. The maximum absolute atomic E-state index is 11.9. The molecular weight excluding hydrogens is 352 g/mol. The topological polar surface area (TPSA) is 109 Å². The Bertz CT molecular complexity index is 769. The number of rotatable bonds is 8. The van der Waals surface area contributed by atoms with Crippen molar-refractivity contribution in [1.29, 1.82) is 0 Å². The molecule has 0 radical (unpaired) electrons. The standard InChI is InChI=1S/C15H24N2O5S2/c1-11(2)17-24(21,22)10-14-7-5-13(6-8-14)9-16-15(18)12(3)23(4,19)20/h5-8,11-12,17H,9-10H2,1-4H3,(H,16,18). The number of hydrogen-bond donors (Lipinski definition) is 2. The lowest BCUT2D eigenvalue weighted by Gasteiger charge is -2.11. The summed E-state index contributed by atoms with van der Waals surface area (Å²) in [7, 11) is -6.82. The maximum Gasteiger partial charge on any atom is 0.238 e. The van der Waals surface area contributed by atoms with Crippen LogP contribution in [0.2, 0.25) is 0 Å². The van der Waals surface area contributed by atoms with Crippen molar-refractivity contribution in [2.24, 2.45) is 0 Å². The van der Waals surface area contributed by atoms with Crippen molar-refractivity contribution < 1.29 is 21.6 Å². The number of nitrogens with one attached hydrogen (secondary N) is 2. The Morgan fingerprint density at radius 2 is 1.50 bits per heavy atom. The van der Waals surface area contributed by atoms with Crippen LogP contribution in [0.25, 0.3) is 0 Å². The van der Waals surface area contributed by atoms with E-state index < -0.39 is 31.0 Å². The highest BCUT2D eigenvalue weighted by Gasteiger charge is 2.23. The van der Waals surface area contributed by atoms with Crippen molar-refractivity contribution in [3.63, 3.8) is 0 Å². The fourth-order valence-corrected chi connectivity index (χ4v) is 3.81. The molecule has 0 aliphatic carbocycles. The zero-order valence-electron chi connectivity index (χ0n) is 14.2. The van der Waals surface area contributed by atoms with E-state index in [1.165, 1.54) is 6.92 Å². The molecule has 2 N–H and O–H groups in total. The molecule has 24 heavy (non-hydrogen) atoms. The lowest BCUT2D eigenvalue weighted by molar-refractivity contribution is -0.120. The molecule has 136 valence electrons. The van der Waals surface area contributed by atoms with Crippen molar-refractivity contribution in [1.82, 2.24) is 10.0 Å². The first-order valence-electron chi connectivity index (χ1n) is 7.45. The molecule has 0 saturated heterocycles. The normalized spacial score (nSPS) is 13.7. The van der Waals surface area contributed by atoms with E-state index in [0.29, 0.717) is 5.56 Å². The highest BCUT2D eigenvalue weighted by molar-refractivity contribution is 7.92. The number of hydrogen-bond acceptors (Lipinski definition) is 5. The molecule has 0 aliphatic heterocycles. The van der Waals surface area contributed by atoms with Gasteiger partial charge in [-0.25, -0.2) is 21.6 Å². The van der Waals surface area contributed by atoms with Crippen molar-refractivity contribution in [2.75, 3.05) is 6.26 Å². The minimum atomic E-state index is -3.43. The molecule has 0 bridgehead atoms. The average molecular weight is 377 g/mol. The Balaban J connectivity index is 2.64. The van der Waals surface area contributed by atoms with E-state index in [2.05, 4.69) is 10.0 Å². The number of benzene rings is 1. The summed E-state index contributed by atoms with van der Waals surface area (Å²) in [6.45, 7) is 5.01. The monoisotopic (exact) mass is 376 g/mol. The van der Waals surface area contributed by atoms with E-state index in [9.17, 15) is 21.6 Å². The summed E-state index contributed by atoms with van der Waals surface area (Å²) in [6, 6.07) is 6.57. The van der Waals surface area contributed by atoms with Crippen LogP contribution in [0, 0.1) is 0 Å². The van der Waals surface area contributed by atoms with Crippen LogP contribution in [0.3, 0.4) is 0 Å². The molecule has 0 spiro atoms. The smallest absolute Gasteiger partial charge is 0.238 e. The molecule has 0 aliphatic rings. The SMILES string of the molecule is CC(C)NS(=O)(=O)Cc1ccc(CNC(=O)C(C)S(C)(=O)=O)cc1. The summed E-state index contributed by atoms with van der Waals surface area (Å²) in [5.41, 5.74) is 1.38. The second-order valence-corrected chi connectivity index (χ2v) is 10.2. The number of amides is 1. The van der Waals surface area contributed by atoms with Crippen LogP contribution in [0.5, 0.6) is 0 Å². The molecular formula is C15H24N2O5S2. The maximum atomic E-state index is 11.9. The third-order valence-electron chi connectivity index (χ3n) is 3.27. The van der Waals surface area contributed by atoms with Gasteiger partial charge < -0.3 is 5.32 Å². The van der Waals surface area contributed by atoms with Crippen LogP contribution in [-0.4, -0.2) is 40.3 Å². The molecule has 7 nitrogen and oxygen atoms in total. The van der Waals surface area contributed by atoms with Crippen molar-refractivity contribution in [3.8, 4) is 0 Å². The summed E-state index contributed by atoms with van der Waals surface area (Å²) in [5.74, 6) is -0.687. The van der Waals surface area contributed by atoms with Gasteiger partial charge in [-0.1, -0.05) is 24.3 Å². The van der Waals surface area contributed by atoms with E-state index in [4.69, 9.17) is 0 Å². The first-order chi connectivity index (χ1) is 10.9. The lowest BCUT2D eigenvalue weighted by atomic mass is 10.1. The number of carbonyl (C=O) groups is 1. The number of carbonyl (C=O) groups excluding carboxylic acids is 1. The molecule has 1 aromatic rings. The summed E-state index contributed by atoms with van der Waals surface area (Å²) >= 11 is 0. The number of sulfone groups is 1. The molecule has 9 heteroatoms. The molecule has 1 rings (SSSR count). The first-order valence-corrected chi connectivity index (χ1v) is 11.1. The lowest BCUT2D eigenvalue weighted by Crippen LogP contribution is -2.37. The fourth-order valence-electron chi connectivity index (χ4n) is 1.90. The van der Waals surface area contributed by atoms with Crippen LogP contribution in [0.15, 0.2) is 24.3 Å². The van der Waals surface area contributed by atoms with Gasteiger partial charge in [-0.3, -0.25) is 4.79 Å². The van der Waals surface area contributed by atoms with E-state index in [-0.39, 0.29) is 18.3 Å². The van der Waals surface area contributed by atoms with Crippen molar-refractivity contribution in [2.45, 2.75) is 44.4 Å². The molecule has 0 saturated carbocycles. The summed E-state index contributed by atoms with van der Waals surface area (Å²) < 4.78 is 48.8. The van der Waals surface area contributed by atoms with E-state index in [1.54, 1.807) is 38.1 Å². The molecule has 0 heterocycles. The van der Waals surface area contributed by atoms with Crippen molar-refractivity contribution in [3.05, 3.63) is 35.4 Å². The van der Waals surface area contributed by atoms with E-state index in [0.717, 1.165) is 11.8 Å². The third-order valence-corrected chi connectivity index (χ3v) is 6.32. The van der Waals surface area contributed by atoms with Gasteiger partial charge in [-0.05, 0) is 31.9 Å². The van der Waals surface area contributed by atoms with Gasteiger partial charge in [0.15, 0.2) is 9.84 Å². The largest absolute Gasteiger partial charge is 0.351 e. The van der Waals surface area contributed by atoms with Gasteiger partial charge in [0.1, 0.15) is 5.25 Å². The van der Waals surface area contributed by atoms with Gasteiger partial charge in [0.25, 0.3) is 0 Å². The highest BCUT2D eigenvalue weighted by atomic mass is 32.2. The van der Waals surface area contributed by atoms with Gasteiger partial charge >= 0.3 is 0 Å². The van der Waals surface area contributed by atoms with Gasteiger partial charge in [-0.2, -0.15) is 0 Å². The fraction of sp³-hybridized carbons (Fsp3) is 0.533. The van der Waals surface area contributed by atoms with Crippen LogP contribution >= 0.6 is 0 Å². The molecule has 0 aromatic heterocycles. The summed E-state index contributed by atoms with van der Waals surface area (Å²) in [5, 5.41) is 1.44. The van der Waals surface area contributed by atoms with Crippen molar-refractivity contribution >= 4 is 25.8 Å². The summed E-state index contributed by atoms with van der Waals surface area (Å²) in [6.07, 6.45) is 1.01. The molecule has 1 atom stereocenters. The second-order valence-electron chi connectivity index (χ2n) is 6.04. The highest BCUT2D eigenvalue weighted by Crippen LogP contribution is 2.09. The second kappa shape index (κ2) is 8.09. The molecule has 1 aromatic carbocycles. The zero-order valence-corrected chi connectivity index (χ0v) is 15.9. The quantitative estimate of drug-likeness (QED) is 0.689. The average Bonchev–Trinajstić information content (AvgIpc) is 2.42. The number of sulfonamides is 1. The van der Waals surface area contributed by atoms with Gasteiger partial charge in [0.2, 0.25) is 15.9 Å². The Kier molecular flexibility index (Phi) is 6.94. The Labute approximate surface area is 143 Å². The molecule has 1 unspecified atom stereocenters. The zero-order chi connectivity index (χ0) is 18.5. The minimum Gasteiger partial charge on any atom is -0.351 e. The van der Waals surface area contributed by atoms with Crippen LogP contribution in [0.1, 0.15) is 31.9 Å². The van der Waals surface area contributed by atoms with Crippen LogP contribution in [-0.2, 0) is 37.0 Å². The minimum absolute atomic E-state index is 0.122. The molecule has 1 amide bonds. The Morgan fingerprint density at radius 3 is 1.96 bits per heavy atom. The first kappa shape index (κ1) is 20.6. The summed E-state index contributed by atoms with van der Waals surface area (Å²) in [4.78, 5) is 11.7. The van der Waals surface area contributed by atoms with Gasteiger partial charge in [0, 0.05) is 18.8 Å². The molecule has 0 fully saturated rings. The Morgan fingerprint density at radius 1 is 1.00 bits per heavy atom. The van der Waals surface area contributed by atoms with E-state index in [1.807, 2.05) is 0 Å². The predicted octanol–water partition coefficient (Wildman–Crippen LogP) is 0.564. The van der Waals surface area contributed by atoms with E-state index >= 15 is 0 Å². The predicted molar refractivity (Wildman–Crippen MR) is 93.5 cm³/mol.